The van der Waals surface area contributed by atoms with Gasteiger partial charge in [0.25, 0.3) is 0 Å². The van der Waals surface area contributed by atoms with Gasteiger partial charge >= 0.3 is 0 Å². The van der Waals surface area contributed by atoms with Gasteiger partial charge in [-0.3, -0.25) is 14.7 Å². The fraction of sp³-hybridized carbons (Fsp3) is 0.545. The number of nitrogens with one attached hydrogen (secondary N) is 1. The van der Waals surface area contributed by atoms with Crippen LogP contribution in [0.15, 0.2) is 36.5 Å². The van der Waals surface area contributed by atoms with E-state index >= 15 is 0 Å². The van der Waals surface area contributed by atoms with Crippen LogP contribution in [0.25, 0.3) is 10.9 Å². The molecule has 1 aromatic carbocycles. The van der Waals surface area contributed by atoms with Gasteiger partial charge in [-0.05, 0) is 43.6 Å². The summed E-state index contributed by atoms with van der Waals surface area (Å²) in [5.74, 6) is -0.328. The van der Waals surface area contributed by atoms with E-state index in [-0.39, 0.29) is 30.0 Å². The van der Waals surface area contributed by atoms with Crippen molar-refractivity contribution in [3.8, 4) is 0 Å². The number of nitrogens with zero attached hydrogens (tertiary/aromatic N) is 2. The number of benzene rings is 1. The number of aliphatic hydroxyl groups excluding tert-OH is 1. The molecule has 3 saturated heterocycles. The van der Waals surface area contributed by atoms with Gasteiger partial charge in [-0.15, -0.1) is 0 Å². The molecule has 1 amide bonds. The van der Waals surface area contributed by atoms with E-state index in [9.17, 15) is 9.90 Å². The lowest BCUT2D eigenvalue weighted by molar-refractivity contribution is -0.186. The van der Waals surface area contributed by atoms with Crippen LogP contribution < -0.4 is 11.1 Å². The number of nitrogens with two attached hydrogens (primary N) is 1. The van der Waals surface area contributed by atoms with Gasteiger partial charge in [0.2, 0.25) is 5.91 Å². The molecule has 3 aliphatic heterocycles. The van der Waals surface area contributed by atoms with Gasteiger partial charge in [0, 0.05) is 24.0 Å². The highest BCUT2D eigenvalue weighted by Gasteiger charge is 2.52. The number of amides is 1. The highest BCUT2D eigenvalue weighted by Crippen LogP contribution is 2.33. The molecular formula is C22H28N4O4. The minimum atomic E-state index is -0.630. The molecule has 3 aliphatic rings. The molecule has 2 aromatic rings. The number of piperidine rings is 1. The van der Waals surface area contributed by atoms with Crippen molar-refractivity contribution < 1.29 is 19.4 Å². The van der Waals surface area contributed by atoms with E-state index < -0.39 is 12.4 Å². The number of fused-ring (bicyclic) bond motifs is 3. The molecule has 5 unspecified atom stereocenters. The van der Waals surface area contributed by atoms with Crippen LogP contribution >= 0.6 is 0 Å². The number of carbonyl (C=O) groups excluding carboxylic acids is 1. The fourth-order valence-corrected chi connectivity index (χ4v) is 4.97. The first-order valence-corrected chi connectivity index (χ1v) is 10.7. The molecule has 8 heteroatoms. The normalized spacial score (nSPS) is 32.5. The fourth-order valence-electron chi connectivity index (χ4n) is 4.97. The molecule has 0 aliphatic carbocycles. The molecule has 1 aromatic heterocycles. The van der Waals surface area contributed by atoms with Crippen LogP contribution in [-0.4, -0.2) is 71.2 Å². The quantitative estimate of drug-likeness (QED) is 0.651. The summed E-state index contributed by atoms with van der Waals surface area (Å²) in [6.07, 6.45) is 2.03. The van der Waals surface area contributed by atoms with Crippen molar-refractivity contribution in [3.05, 3.63) is 42.1 Å². The van der Waals surface area contributed by atoms with Crippen molar-refractivity contribution in [2.45, 2.75) is 50.0 Å². The van der Waals surface area contributed by atoms with Crippen LogP contribution in [0.4, 0.5) is 0 Å². The predicted octanol–water partition coefficient (Wildman–Crippen LogP) is 0.375. The summed E-state index contributed by atoms with van der Waals surface area (Å²) in [6, 6.07) is 9.64. The molecule has 160 valence electrons. The van der Waals surface area contributed by atoms with E-state index in [0.29, 0.717) is 39.1 Å². The number of para-hydroxylation sites is 1. The minimum absolute atomic E-state index is 0.0885. The number of likely N-dealkylation sites (tertiary alicyclic amines) is 1. The van der Waals surface area contributed by atoms with Crippen molar-refractivity contribution >= 4 is 16.8 Å². The third-order valence-corrected chi connectivity index (χ3v) is 6.67. The number of carbonyl (C=O) groups is 1. The average Bonchev–Trinajstić information content (AvgIpc) is 3.18. The molecule has 4 N–H and O–H groups in total. The summed E-state index contributed by atoms with van der Waals surface area (Å²) in [5.41, 5.74) is 7.48. The maximum Gasteiger partial charge on any atom is 0.220 e. The van der Waals surface area contributed by atoms with E-state index in [2.05, 4.69) is 21.3 Å². The second-order valence-electron chi connectivity index (χ2n) is 8.51. The molecule has 0 spiro atoms. The van der Waals surface area contributed by atoms with Gasteiger partial charge in [-0.25, -0.2) is 0 Å². The number of hydrogen-bond donors (Lipinski definition) is 3. The Morgan fingerprint density at radius 1 is 1.30 bits per heavy atom. The van der Waals surface area contributed by atoms with Crippen molar-refractivity contribution in [1.82, 2.24) is 15.2 Å². The smallest absolute Gasteiger partial charge is 0.220 e. The topological polar surface area (TPSA) is 110 Å². The number of hydrogen-bond acceptors (Lipinski definition) is 7. The van der Waals surface area contributed by atoms with E-state index in [1.165, 1.54) is 0 Å². The van der Waals surface area contributed by atoms with E-state index in [1.54, 1.807) is 0 Å². The monoisotopic (exact) mass is 412 g/mol. The number of pyridine rings is 1. The predicted molar refractivity (Wildman–Crippen MR) is 110 cm³/mol. The van der Waals surface area contributed by atoms with Crippen molar-refractivity contribution in [2.75, 3.05) is 19.7 Å². The molecule has 30 heavy (non-hydrogen) atoms. The standard InChI is InChI=1S/C22H28N4O4/c23-21(28)14-5-7-26(8-6-14)19-20(27)18(17-12-29-22(19)30-17)25-11-13-9-15-3-1-2-4-16(15)24-10-13/h1-4,9-10,14,17-20,22,25,27H,5-8,11-12H2,(H2,23,28). The molecule has 8 nitrogen and oxygen atoms in total. The molecule has 5 rings (SSSR count). The Hall–Kier alpha value is -2.10. The highest BCUT2D eigenvalue weighted by atomic mass is 16.7. The summed E-state index contributed by atoms with van der Waals surface area (Å²) in [4.78, 5) is 18.2. The maximum absolute atomic E-state index is 11.5. The molecule has 0 saturated carbocycles. The molecule has 4 heterocycles. The highest BCUT2D eigenvalue weighted by molar-refractivity contribution is 5.78. The van der Waals surface area contributed by atoms with Crippen molar-refractivity contribution in [2.24, 2.45) is 11.7 Å². The van der Waals surface area contributed by atoms with Crippen LogP contribution in [0.5, 0.6) is 0 Å². The Kier molecular flexibility index (Phi) is 5.43. The summed E-state index contributed by atoms with van der Waals surface area (Å²) < 4.78 is 11.9. The van der Waals surface area contributed by atoms with E-state index in [0.717, 1.165) is 16.5 Å². The Balaban J connectivity index is 1.27. The summed E-state index contributed by atoms with van der Waals surface area (Å²) in [7, 11) is 0. The summed E-state index contributed by atoms with van der Waals surface area (Å²) >= 11 is 0. The number of aromatic nitrogens is 1. The third kappa shape index (κ3) is 3.70. The lowest BCUT2D eigenvalue weighted by Crippen LogP contribution is -2.65. The number of aliphatic hydroxyl groups is 1. The SMILES string of the molecule is NC(=O)C1CCN(C2C3OCC(O3)C(NCc3cnc4ccccc4c3)C2O)CC1. The van der Waals surface area contributed by atoms with E-state index in [1.807, 2.05) is 30.5 Å². The second kappa shape index (κ2) is 8.20. The lowest BCUT2D eigenvalue weighted by Gasteiger charge is -2.46. The van der Waals surface area contributed by atoms with Gasteiger partial charge in [-0.2, -0.15) is 0 Å². The maximum atomic E-state index is 11.5. The second-order valence-corrected chi connectivity index (χ2v) is 8.51. The van der Waals surface area contributed by atoms with Gasteiger partial charge in [0.15, 0.2) is 6.29 Å². The Morgan fingerprint density at radius 3 is 2.90 bits per heavy atom. The molecule has 5 atom stereocenters. The zero-order valence-electron chi connectivity index (χ0n) is 16.8. The number of primary amides is 1. The van der Waals surface area contributed by atoms with Crippen LogP contribution in [0, 0.1) is 5.92 Å². The van der Waals surface area contributed by atoms with Gasteiger partial charge in [0.05, 0.1) is 30.3 Å². The Labute approximate surface area is 175 Å². The number of rotatable bonds is 5. The van der Waals surface area contributed by atoms with Crippen LogP contribution in [0.3, 0.4) is 0 Å². The molecular weight excluding hydrogens is 384 g/mol. The first kappa shape index (κ1) is 19.8. The third-order valence-electron chi connectivity index (χ3n) is 6.67. The first-order valence-electron chi connectivity index (χ1n) is 10.7. The van der Waals surface area contributed by atoms with Crippen LogP contribution in [-0.2, 0) is 20.8 Å². The lowest BCUT2D eigenvalue weighted by atomic mass is 9.90. The molecule has 2 bridgehead atoms. The van der Waals surface area contributed by atoms with Gasteiger partial charge in [-0.1, -0.05) is 18.2 Å². The van der Waals surface area contributed by atoms with Crippen molar-refractivity contribution in [3.63, 3.8) is 0 Å². The summed E-state index contributed by atoms with van der Waals surface area (Å²) in [5, 5.41) is 15.8. The summed E-state index contributed by atoms with van der Waals surface area (Å²) in [6.45, 7) is 2.44. The molecule has 0 radical (unpaired) electrons. The Bertz CT molecular complexity index is 917. The van der Waals surface area contributed by atoms with Gasteiger partial charge in [0.1, 0.15) is 6.10 Å². The van der Waals surface area contributed by atoms with E-state index in [4.69, 9.17) is 15.2 Å². The zero-order valence-corrected chi connectivity index (χ0v) is 16.8. The Morgan fingerprint density at radius 2 is 2.10 bits per heavy atom. The average molecular weight is 412 g/mol. The van der Waals surface area contributed by atoms with Crippen LogP contribution in [0.1, 0.15) is 18.4 Å². The molecule has 3 fully saturated rings. The zero-order chi connectivity index (χ0) is 20.7. The van der Waals surface area contributed by atoms with Gasteiger partial charge < -0.3 is 25.6 Å². The largest absolute Gasteiger partial charge is 0.390 e. The van der Waals surface area contributed by atoms with Crippen LogP contribution in [0.2, 0.25) is 0 Å². The first-order chi connectivity index (χ1) is 14.6. The minimum Gasteiger partial charge on any atom is -0.390 e. The van der Waals surface area contributed by atoms with Crippen molar-refractivity contribution in [1.29, 1.82) is 0 Å². The number of ether oxygens (including phenoxy) is 2.